The van der Waals surface area contributed by atoms with Crippen LogP contribution in [0.2, 0.25) is 5.02 Å². The van der Waals surface area contributed by atoms with Gasteiger partial charge in [-0.1, -0.05) is 24.1 Å². The lowest BCUT2D eigenvalue weighted by Crippen LogP contribution is -2.24. The summed E-state index contributed by atoms with van der Waals surface area (Å²) in [6.45, 7) is 0.220. The van der Waals surface area contributed by atoms with Gasteiger partial charge < -0.3 is 5.11 Å². The zero-order chi connectivity index (χ0) is 15.0. The van der Waals surface area contributed by atoms with Gasteiger partial charge in [-0.25, -0.2) is 13.1 Å². The number of halogens is 1. The first-order chi connectivity index (χ1) is 9.51. The van der Waals surface area contributed by atoms with Crippen LogP contribution in [0.5, 0.6) is 0 Å². The van der Waals surface area contributed by atoms with E-state index in [1.54, 1.807) is 11.8 Å². The van der Waals surface area contributed by atoms with E-state index < -0.39 is 10.0 Å². The van der Waals surface area contributed by atoms with Crippen LogP contribution in [0.25, 0.3) is 0 Å². The zero-order valence-electron chi connectivity index (χ0n) is 11.4. The van der Waals surface area contributed by atoms with E-state index in [9.17, 15) is 8.42 Å². The zero-order valence-corrected chi connectivity index (χ0v) is 13.8. The minimum atomic E-state index is -3.52. The second kappa shape index (κ2) is 8.89. The van der Waals surface area contributed by atoms with E-state index in [1.807, 2.05) is 0 Å². The van der Waals surface area contributed by atoms with Gasteiger partial charge >= 0.3 is 0 Å². The van der Waals surface area contributed by atoms with Crippen molar-refractivity contribution in [2.75, 3.05) is 18.6 Å². The van der Waals surface area contributed by atoms with E-state index in [1.165, 1.54) is 18.2 Å². The largest absolute Gasteiger partial charge is 0.392 e. The fraction of sp³-hybridized carbons (Fsp3) is 0.538. The first kappa shape index (κ1) is 17.8. The molecule has 1 aromatic carbocycles. The Hall–Kier alpha value is -0.270. The Morgan fingerprint density at radius 2 is 2.05 bits per heavy atom. The fourth-order valence-electron chi connectivity index (χ4n) is 1.66. The molecule has 4 nitrogen and oxygen atoms in total. The van der Waals surface area contributed by atoms with E-state index >= 15 is 0 Å². The molecule has 0 aliphatic heterocycles. The van der Waals surface area contributed by atoms with E-state index in [-0.39, 0.29) is 16.5 Å². The van der Waals surface area contributed by atoms with Crippen LogP contribution >= 0.6 is 23.4 Å². The topological polar surface area (TPSA) is 66.4 Å². The van der Waals surface area contributed by atoms with Gasteiger partial charge in [-0.3, -0.25) is 0 Å². The van der Waals surface area contributed by atoms with Gasteiger partial charge in [-0.2, -0.15) is 11.8 Å². The molecule has 1 rings (SSSR count). The lowest BCUT2D eigenvalue weighted by molar-refractivity contribution is 0.282. The second-order valence-electron chi connectivity index (χ2n) is 4.36. The van der Waals surface area contributed by atoms with Crippen LogP contribution in [0.1, 0.15) is 24.8 Å². The molecule has 2 N–H and O–H groups in total. The van der Waals surface area contributed by atoms with Crippen molar-refractivity contribution in [3.05, 3.63) is 28.8 Å². The monoisotopic (exact) mass is 337 g/mol. The van der Waals surface area contributed by atoms with Gasteiger partial charge in [0.05, 0.1) is 11.5 Å². The Morgan fingerprint density at radius 3 is 2.65 bits per heavy atom. The number of hydrogen-bond acceptors (Lipinski definition) is 4. The van der Waals surface area contributed by atoms with Gasteiger partial charge in [0, 0.05) is 11.6 Å². The fourth-order valence-corrected chi connectivity index (χ4v) is 3.56. The number of nitrogens with one attached hydrogen (secondary N) is 1. The molecule has 0 aromatic heterocycles. The number of aliphatic hydroxyl groups is 1. The molecule has 0 aliphatic carbocycles. The van der Waals surface area contributed by atoms with Gasteiger partial charge in [-0.05, 0) is 42.5 Å². The number of aliphatic hydroxyl groups excluding tert-OH is 1. The van der Waals surface area contributed by atoms with Gasteiger partial charge in [0.15, 0.2) is 0 Å². The van der Waals surface area contributed by atoms with Crippen LogP contribution in [0.3, 0.4) is 0 Å². The Balaban J connectivity index is 2.54. The van der Waals surface area contributed by atoms with Gasteiger partial charge in [-0.15, -0.1) is 0 Å². The Morgan fingerprint density at radius 1 is 1.30 bits per heavy atom. The summed E-state index contributed by atoms with van der Waals surface area (Å²) < 4.78 is 26.6. The van der Waals surface area contributed by atoms with Crippen LogP contribution in [0.15, 0.2) is 23.1 Å². The van der Waals surface area contributed by atoms with Crippen molar-refractivity contribution in [3.63, 3.8) is 0 Å². The van der Waals surface area contributed by atoms with Crippen molar-refractivity contribution in [1.29, 1.82) is 0 Å². The molecule has 0 saturated carbocycles. The number of thioether (sulfide) groups is 1. The highest BCUT2D eigenvalue weighted by Gasteiger charge is 2.14. The molecule has 0 saturated heterocycles. The molecule has 0 amide bonds. The highest BCUT2D eigenvalue weighted by molar-refractivity contribution is 7.98. The number of rotatable bonds is 9. The summed E-state index contributed by atoms with van der Waals surface area (Å²) in [5.74, 6) is 1.10. The highest BCUT2D eigenvalue weighted by Crippen LogP contribution is 2.20. The van der Waals surface area contributed by atoms with Crippen LogP contribution in [-0.4, -0.2) is 32.1 Å². The number of unbranched alkanes of at least 4 members (excludes halogenated alkanes) is 2. The molecule has 0 heterocycles. The van der Waals surface area contributed by atoms with Crippen molar-refractivity contribution in [3.8, 4) is 0 Å². The Kier molecular flexibility index (Phi) is 7.91. The molecule has 0 bridgehead atoms. The first-order valence-electron chi connectivity index (χ1n) is 6.39. The molecule has 0 unspecified atom stereocenters. The molecule has 0 spiro atoms. The van der Waals surface area contributed by atoms with Crippen molar-refractivity contribution < 1.29 is 13.5 Å². The quantitative estimate of drug-likeness (QED) is 0.680. The summed E-state index contributed by atoms with van der Waals surface area (Å²) in [5, 5.41) is 9.26. The minimum absolute atomic E-state index is 0.129. The molecule has 0 fully saturated rings. The normalized spacial score (nSPS) is 11.8. The summed E-state index contributed by atoms with van der Waals surface area (Å²) in [6, 6.07) is 4.34. The van der Waals surface area contributed by atoms with Crippen LogP contribution in [0.4, 0.5) is 0 Å². The summed E-state index contributed by atoms with van der Waals surface area (Å²) in [4.78, 5) is 0.129. The van der Waals surface area contributed by atoms with E-state index in [4.69, 9.17) is 16.7 Å². The minimum Gasteiger partial charge on any atom is -0.392 e. The lowest BCUT2D eigenvalue weighted by Gasteiger charge is -2.08. The molecule has 0 aliphatic rings. The van der Waals surface area contributed by atoms with Crippen molar-refractivity contribution >= 4 is 33.4 Å². The predicted octanol–water partition coefficient (Wildman–Crippen LogP) is 2.64. The van der Waals surface area contributed by atoms with E-state index in [0.717, 1.165) is 25.0 Å². The van der Waals surface area contributed by atoms with Gasteiger partial charge in [0.1, 0.15) is 0 Å². The molecule has 114 valence electrons. The summed E-state index contributed by atoms with van der Waals surface area (Å²) in [5.41, 5.74) is 0.516. The third kappa shape index (κ3) is 5.61. The van der Waals surface area contributed by atoms with Crippen LogP contribution in [0, 0.1) is 0 Å². The maximum atomic E-state index is 12.0. The van der Waals surface area contributed by atoms with Crippen LogP contribution < -0.4 is 4.72 Å². The highest BCUT2D eigenvalue weighted by atomic mass is 35.5. The van der Waals surface area contributed by atoms with Crippen molar-refractivity contribution in [2.24, 2.45) is 0 Å². The summed E-state index contributed by atoms with van der Waals surface area (Å²) in [7, 11) is -3.52. The SMILES string of the molecule is CSCCCCCNS(=O)(=O)c1ccc(CO)c(Cl)c1. The second-order valence-corrected chi connectivity index (χ2v) is 7.52. The number of hydrogen-bond donors (Lipinski definition) is 2. The van der Waals surface area contributed by atoms with Gasteiger partial charge in [0.2, 0.25) is 10.0 Å². The number of sulfonamides is 1. The Bertz CT molecular complexity index is 520. The maximum absolute atomic E-state index is 12.0. The third-order valence-electron chi connectivity index (χ3n) is 2.82. The van der Waals surface area contributed by atoms with Crippen LogP contribution in [-0.2, 0) is 16.6 Å². The van der Waals surface area contributed by atoms with Crippen molar-refractivity contribution in [2.45, 2.75) is 30.8 Å². The van der Waals surface area contributed by atoms with Gasteiger partial charge in [0.25, 0.3) is 0 Å². The average molecular weight is 338 g/mol. The predicted molar refractivity (Wildman–Crippen MR) is 84.8 cm³/mol. The molecular formula is C13H20ClNO3S2. The Labute approximate surface area is 130 Å². The molecule has 0 radical (unpaired) electrons. The lowest BCUT2D eigenvalue weighted by atomic mass is 10.2. The first-order valence-corrected chi connectivity index (χ1v) is 9.64. The smallest absolute Gasteiger partial charge is 0.240 e. The molecule has 20 heavy (non-hydrogen) atoms. The molecule has 1 aromatic rings. The summed E-state index contributed by atoms with van der Waals surface area (Å²) >= 11 is 7.69. The third-order valence-corrected chi connectivity index (χ3v) is 5.33. The maximum Gasteiger partial charge on any atom is 0.240 e. The molecule has 7 heteroatoms. The van der Waals surface area contributed by atoms with E-state index in [0.29, 0.717) is 12.1 Å². The number of benzene rings is 1. The van der Waals surface area contributed by atoms with E-state index in [2.05, 4.69) is 11.0 Å². The molecular weight excluding hydrogens is 318 g/mol. The summed E-state index contributed by atoms with van der Waals surface area (Å²) in [6.07, 6.45) is 4.98. The van der Waals surface area contributed by atoms with Crippen molar-refractivity contribution in [1.82, 2.24) is 4.72 Å². The molecule has 0 atom stereocenters. The average Bonchev–Trinajstić information content (AvgIpc) is 2.42. The standard InChI is InChI=1S/C13H20ClNO3S2/c1-19-8-4-2-3-7-15-20(17,18)12-6-5-11(10-16)13(14)9-12/h5-6,9,15-16H,2-4,7-8,10H2,1H3.